The highest BCUT2D eigenvalue weighted by atomic mass is 15.0. The summed E-state index contributed by atoms with van der Waals surface area (Å²) in [6.45, 7) is 0. The van der Waals surface area contributed by atoms with Crippen molar-refractivity contribution >= 4 is 38.8 Å². The van der Waals surface area contributed by atoms with Gasteiger partial charge in [-0.1, -0.05) is 243 Å². The number of rotatable bonds is 8. The SMILES string of the molecule is C1=CC(c2ccccc2)Cc2c1n(-c1ccc3c(c1)C1(c4ccccc4)c4ccccc4C3(c3cccc(-n4c5ccc(-c6ccccc6)cc5c5cc(-c6ccccc6)ccc54)c3)c3ccccc31)c1ccc(-c3ccccc3)cc21. The van der Waals surface area contributed by atoms with Crippen LogP contribution in [0.4, 0.5) is 0 Å². The molecule has 0 amide bonds. The van der Waals surface area contributed by atoms with E-state index in [9.17, 15) is 0 Å². The normalized spacial score (nSPS) is 17.4. The summed E-state index contributed by atoms with van der Waals surface area (Å²) in [6.07, 6.45) is 5.77. The molecule has 0 fully saturated rings. The maximum Gasteiger partial charge on any atom is 0.0712 e. The second-order valence-corrected chi connectivity index (χ2v) is 22.6. The quantitative estimate of drug-likeness (QED) is 0.144. The van der Waals surface area contributed by atoms with Gasteiger partial charge in [0.15, 0.2) is 0 Å². The second kappa shape index (κ2) is 18.1. The molecule has 2 nitrogen and oxygen atoms in total. The summed E-state index contributed by atoms with van der Waals surface area (Å²) >= 11 is 0. The van der Waals surface area contributed by atoms with E-state index in [0.29, 0.717) is 0 Å². The van der Waals surface area contributed by atoms with Crippen LogP contribution in [-0.4, -0.2) is 9.13 Å². The maximum atomic E-state index is 2.58. The summed E-state index contributed by atoms with van der Waals surface area (Å²) in [5, 5.41) is 3.77. The Morgan fingerprint density at radius 2 is 0.720 bits per heavy atom. The number of allylic oxidation sites excluding steroid dienone is 1. The lowest BCUT2D eigenvalue weighted by molar-refractivity contribution is 0.556. The minimum atomic E-state index is -0.668. The Labute approximate surface area is 477 Å². The summed E-state index contributed by atoms with van der Waals surface area (Å²) in [4.78, 5) is 0. The van der Waals surface area contributed by atoms with Crippen molar-refractivity contribution in [1.29, 1.82) is 0 Å². The smallest absolute Gasteiger partial charge is 0.0712 e. The van der Waals surface area contributed by atoms with Gasteiger partial charge in [-0.3, -0.25) is 0 Å². The number of hydrogen-bond acceptors (Lipinski definition) is 0. The van der Waals surface area contributed by atoms with Crippen LogP contribution >= 0.6 is 0 Å². The third kappa shape index (κ3) is 6.64. The fourth-order valence-corrected chi connectivity index (χ4v) is 15.2. The van der Waals surface area contributed by atoms with E-state index in [1.54, 1.807) is 0 Å². The minimum Gasteiger partial charge on any atom is -0.310 e. The Hall–Kier alpha value is -10.3. The fraction of sp³-hybridized carbons (Fsp3) is 0.0500. The molecule has 2 bridgehead atoms. The van der Waals surface area contributed by atoms with E-state index in [4.69, 9.17) is 0 Å². The minimum absolute atomic E-state index is 0.276. The summed E-state index contributed by atoms with van der Waals surface area (Å²) in [7, 11) is 0. The van der Waals surface area contributed by atoms with E-state index in [0.717, 1.165) is 17.8 Å². The lowest BCUT2D eigenvalue weighted by Crippen LogP contribution is -2.52. The zero-order chi connectivity index (χ0) is 53.9. The lowest BCUT2D eigenvalue weighted by atomic mass is 9.44. The van der Waals surface area contributed by atoms with E-state index >= 15 is 0 Å². The van der Waals surface area contributed by atoms with E-state index in [1.165, 1.54) is 127 Å². The molecule has 12 aromatic carbocycles. The van der Waals surface area contributed by atoms with Crippen molar-refractivity contribution in [2.24, 2.45) is 0 Å². The third-order valence-corrected chi connectivity index (χ3v) is 18.6. The molecule has 1 unspecified atom stereocenters. The first-order chi connectivity index (χ1) is 40.7. The van der Waals surface area contributed by atoms with Gasteiger partial charge in [0.1, 0.15) is 0 Å². The third-order valence-electron chi connectivity index (χ3n) is 18.6. The molecular weight excluding hydrogens is 989 g/mol. The molecule has 4 aliphatic rings. The summed E-state index contributed by atoms with van der Waals surface area (Å²) < 4.78 is 5.08. The molecule has 2 aromatic heterocycles. The molecule has 2 heterocycles. The molecular formula is C80H54N2. The van der Waals surface area contributed by atoms with Gasteiger partial charge in [0, 0.05) is 39.1 Å². The zero-order valence-corrected chi connectivity index (χ0v) is 45.1. The summed E-state index contributed by atoms with van der Waals surface area (Å²) in [6, 6.07) is 112. The first-order valence-corrected chi connectivity index (χ1v) is 28.8. The van der Waals surface area contributed by atoms with E-state index < -0.39 is 10.8 Å². The average Bonchev–Trinajstić information content (AvgIpc) is 0.845. The van der Waals surface area contributed by atoms with Gasteiger partial charge in [0.05, 0.1) is 27.4 Å². The Morgan fingerprint density at radius 3 is 1.26 bits per heavy atom. The second-order valence-electron chi connectivity index (χ2n) is 22.6. The highest BCUT2D eigenvalue weighted by Gasteiger charge is 2.60. The molecule has 384 valence electrons. The molecule has 82 heavy (non-hydrogen) atoms. The van der Waals surface area contributed by atoms with Gasteiger partial charge in [0.25, 0.3) is 0 Å². The number of nitrogens with zero attached hydrogens (tertiary/aromatic N) is 2. The average molecular weight is 1040 g/mol. The van der Waals surface area contributed by atoms with Crippen molar-refractivity contribution in [2.45, 2.75) is 23.2 Å². The molecule has 14 aromatic rings. The number of fused-ring (bicyclic) bond motifs is 6. The number of benzene rings is 12. The van der Waals surface area contributed by atoms with Gasteiger partial charge in [0.2, 0.25) is 0 Å². The van der Waals surface area contributed by atoms with Crippen LogP contribution in [0.1, 0.15) is 67.2 Å². The topological polar surface area (TPSA) is 9.86 Å². The lowest BCUT2D eigenvalue weighted by Gasteiger charge is -2.57. The molecule has 18 rings (SSSR count). The van der Waals surface area contributed by atoms with Crippen molar-refractivity contribution in [3.05, 3.63) is 365 Å². The first kappa shape index (κ1) is 46.6. The maximum absolute atomic E-state index is 2.58. The largest absolute Gasteiger partial charge is 0.310 e. The van der Waals surface area contributed by atoms with Crippen molar-refractivity contribution in [1.82, 2.24) is 9.13 Å². The van der Waals surface area contributed by atoms with Crippen LogP contribution in [-0.2, 0) is 17.3 Å². The van der Waals surface area contributed by atoms with Gasteiger partial charge in [-0.25, -0.2) is 0 Å². The molecule has 0 saturated heterocycles. The molecule has 4 aliphatic carbocycles. The zero-order valence-electron chi connectivity index (χ0n) is 45.1. The van der Waals surface area contributed by atoms with Crippen LogP contribution in [0.3, 0.4) is 0 Å². The Balaban J connectivity index is 0.919. The van der Waals surface area contributed by atoms with Gasteiger partial charge < -0.3 is 9.13 Å². The summed E-state index contributed by atoms with van der Waals surface area (Å²) in [5.41, 5.74) is 26.3. The predicted octanol–water partition coefficient (Wildman–Crippen LogP) is 19.5. The van der Waals surface area contributed by atoms with Crippen LogP contribution in [0, 0.1) is 0 Å². The number of hydrogen-bond donors (Lipinski definition) is 0. The fourth-order valence-electron chi connectivity index (χ4n) is 15.2. The van der Waals surface area contributed by atoms with Crippen LogP contribution < -0.4 is 0 Å². The van der Waals surface area contributed by atoms with Gasteiger partial charge in [-0.05, 0) is 162 Å². The van der Waals surface area contributed by atoms with E-state index in [2.05, 4.69) is 319 Å². The Morgan fingerprint density at radius 1 is 0.293 bits per heavy atom. The highest BCUT2D eigenvalue weighted by molar-refractivity contribution is 6.12. The monoisotopic (exact) mass is 1040 g/mol. The van der Waals surface area contributed by atoms with Crippen LogP contribution in [0.15, 0.2) is 303 Å². The number of aromatic nitrogens is 2. The predicted molar refractivity (Wildman–Crippen MR) is 340 cm³/mol. The van der Waals surface area contributed by atoms with Crippen molar-refractivity contribution in [2.75, 3.05) is 0 Å². The highest BCUT2D eigenvalue weighted by Crippen LogP contribution is 2.66. The summed E-state index contributed by atoms with van der Waals surface area (Å²) in [5.74, 6) is 0.276. The van der Waals surface area contributed by atoms with Crippen LogP contribution in [0.5, 0.6) is 0 Å². The molecule has 0 saturated carbocycles. The van der Waals surface area contributed by atoms with Crippen molar-refractivity contribution < 1.29 is 0 Å². The molecule has 2 heteroatoms. The van der Waals surface area contributed by atoms with Crippen LogP contribution in [0.2, 0.25) is 0 Å². The van der Waals surface area contributed by atoms with Gasteiger partial charge >= 0.3 is 0 Å². The molecule has 0 N–H and O–H groups in total. The van der Waals surface area contributed by atoms with Gasteiger partial charge in [-0.15, -0.1) is 0 Å². The first-order valence-electron chi connectivity index (χ1n) is 28.8. The Kier molecular flexibility index (Phi) is 10.3. The van der Waals surface area contributed by atoms with Crippen LogP contribution in [0.25, 0.3) is 83.5 Å². The van der Waals surface area contributed by atoms with E-state index in [1.807, 2.05) is 0 Å². The van der Waals surface area contributed by atoms with Gasteiger partial charge in [-0.2, -0.15) is 0 Å². The van der Waals surface area contributed by atoms with Crippen molar-refractivity contribution in [3.8, 4) is 44.8 Å². The molecule has 0 radical (unpaired) electrons. The van der Waals surface area contributed by atoms with Crippen molar-refractivity contribution in [3.63, 3.8) is 0 Å². The van der Waals surface area contributed by atoms with E-state index in [-0.39, 0.29) is 5.92 Å². The molecule has 0 spiro atoms. The molecule has 1 atom stereocenters. The standard InChI is InChI=1S/C80H54N2/c1-6-21-53(22-7-1)57-37-43-75-65(47-57)66-48-58(54-23-8-2-9-24-54)38-44-76(66)81(75)63-32-20-31-62(51-63)80-71-35-18-16-33-69(71)79(61-29-14-5-15-30-61,70-34-17-19-36-72(70)80)74-52-64(41-42-73(74)80)82-77-45-39-59(55-25-10-3-11-26-55)49-67(77)68-50-60(40-46-78(68)82)56-27-12-4-13-28-56/h1-49,51-52,60H,50H2. The Bertz CT molecular complexity index is 4730. The molecule has 0 aliphatic heterocycles.